The molecule has 0 radical (unpaired) electrons. The molecule has 1 atom stereocenters. The number of benzene rings is 1. The first kappa shape index (κ1) is 18.8. The predicted molar refractivity (Wildman–Crippen MR) is 92.7 cm³/mol. The van der Waals surface area contributed by atoms with Crippen molar-refractivity contribution >= 4 is 48.9 Å². The van der Waals surface area contributed by atoms with Gasteiger partial charge in [0.15, 0.2) is 11.6 Å². The van der Waals surface area contributed by atoms with Gasteiger partial charge in [-0.3, -0.25) is 9.52 Å². The predicted octanol–water partition coefficient (Wildman–Crippen LogP) is 3.65. The fourth-order valence-corrected chi connectivity index (χ4v) is 3.77. The summed E-state index contributed by atoms with van der Waals surface area (Å²) in [7, 11) is -3.81. The van der Waals surface area contributed by atoms with Gasteiger partial charge in [0.2, 0.25) is 10.0 Å². The van der Waals surface area contributed by atoms with Crippen molar-refractivity contribution in [3.8, 4) is 0 Å². The van der Waals surface area contributed by atoms with Gasteiger partial charge < -0.3 is 5.32 Å². The number of carbonyl (C=O) groups excluding carboxylic acids is 1. The maximum Gasteiger partial charge on any atom is 0.261 e. The molecule has 1 amide bonds. The molecule has 5 nitrogen and oxygen atoms in total. The Morgan fingerprint density at radius 1 is 1.25 bits per heavy atom. The molecule has 1 heterocycles. The summed E-state index contributed by atoms with van der Waals surface area (Å²) in [5.41, 5.74) is -0.574. The molecule has 0 fully saturated rings. The van der Waals surface area contributed by atoms with E-state index >= 15 is 0 Å². The minimum absolute atomic E-state index is 0.174. The highest BCUT2D eigenvalue weighted by atomic mass is 79.9. The van der Waals surface area contributed by atoms with Crippen LogP contribution in [-0.2, 0) is 10.0 Å². The van der Waals surface area contributed by atoms with Crippen molar-refractivity contribution in [1.29, 1.82) is 0 Å². The number of nitrogens with one attached hydrogen (secondary N) is 2. The highest BCUT2D eigenvalue weighted by molar-refractivity contribution is 9.11. The van der Waals surface area contributed by atoms with Crippen LogP contribution >= 0.6 is 27.3 Å². The molecule has 1 unspecified atom stereocenters. The molecule has 10 heteroatoms. The normalized spacial score (nSPS) is 12.7. The summed E-state index contributed by atoms with van der Waals surface area (Å²) in [5, 5.41) is 2.63. The summed E-state index contributed by atoms with van der Waals surface area (Å²) in [6, 6.07) is 4.62. The molecule has 130 valence electrons. The van der Waals surface area contributed by atoms with E-state index in [0.29, 0.717) is 4.88 Å². The van der Waals surface area contributed by atoms with Crippen LogP contribution in [0.15, 0.2) is 28.1 Å². The minimum Gasteiger partial charge on any atom is -0.345 e. The van der Waals surface area contributed by atoms with Gasteiger partial charge in [0.25, 0.3) is 5.91 Å². The molecule has 2 N–H and O–H groups in total. The molecule has 0 aliphatic heterocycles. The number of hydrogen-bond donors (Lipinski definition) is 2. The SMILES string of the molecule is CC(NC(=O)c1ccc(Br)s1)c1cc(F)c(NS(C)(=O)=O)c(F)c1. The van der Waals surface area contributed by atoms with Gasteiger partial charge in [-0.25, -0.2) is 17.2 Å². The minimum atomic E-state index is -3.81. The van der Waals surface area contributed by atoms with Crippen molar-refractivity contribution in [2.75, 3.05) is 11.0 Å². The first-order chi connectivity index (χ1) is 11.1. The van der Waals surface area contributed by atoms with Crippen LogP contribution in [0.4, 0.5) is 14.5 Å². The third-order valence-corrected chi connectivity index (χ3v) is 5.19. The van der Waals surface area contributed by atoms with Gasteiger partial charge in [0.05, 0.1) is 21.0 Å². The average Bonchev–Trinajstić information content (AvgIpc) is 2.88. The molecular weight excluding hydrogens is 426 g/mol. The van der Waals surface area contributed by atoms with Crippen LogP contribution in [0.5, 0.6) is 0 Å². The van der Waals surface area contributed by atoms with Crippen LogP contribution in [-0.4, -0.2) is 20.6 Å². The fraction of sp³-hybridized carbons (Fsp3) is 0.214. The van der Waals surface area contributed by atoms with Crippen LogP contribution < -0.4 is 10.0 Å². The number of sulfonamides is 1. The molecule has 1 aromatic heterocycles. The van der Waals surface area contributed by atoms with Crippen molar-refractivity contribution in [3.63, 3.8) is 0 Å². The highest BCUT2D eigenvalue weighted by Gasteiger charge is 2.19. The van der Waals surface area contributed by atoms with Crippen LogP contribution in [0.2, 0.25) is 0 Å². The quantitative estimate of drug-likeness (QED) is 0.747. The number of anilines is 1. The van der Waals surface area contributed by atoms with Crippen LogP contribution in [0.25, 0.3) is 0 Å². The number of carbonyl (C=O) groups is 1. The summed E-state index contributed by atoms with van der Waals surface area (Å²) < 4.78 is 52.8. The standard InChI is InChI=1S/C14H13BrF2N2O3S2/c1-7(18-14(20)11-3-4-12(15)23-11)8-5-9(16)13(10(17)6-8)19-24(2,21)22/h3-7,19H,1-2H3,(H,18,20). The van der Waals surface area contributed by atoms with E-state index in [1.165, 1.54) is 11.3 Å². The van der Waals surface area contributed by atoms with Crippen LogP contribution in [0, 0.1) is 11.6 Å². The Hall–Kier alpha value is -1.52. The molecular formula is C14H13BrF2N2O3S2. The molecule has 2 rings (SSSR count). The van der Waals surface area contributed by atoms with Crippen molar-refractivity contribution in [2.45, 2.75) is 13.0 Å². The highest BCUT2D eigenvalue weighted by Crippen LogP contribution is 2.26. The summed E-state index contributed by atoms with van der Waals surface area (Å²) in [5.74, 6) is -2.50. The zero-order valence-corrected chi connectivity index (χ0v) is 15.8. The lowest BCUT2D eigenvalue weighted by Crippen LogP contribution is -2.26. The molecule has 0 saturated heterocycles. The van der Waals surface area contributed by atoms with Gasteiger partial charge in [-0.2, -0.15) is 0 Å². The van der Waals surface area contributed by atoms with E-state index in [0.717, 1.165) is 22.2 Å². The van der Waals surface area contributed by atoms with Gasteiger partial charge in [-0.15, -0.1) is 11.3 Å². The van der Waals surface area contributed by atoms with Crippen LogP contribution in [0.3, 0.4) is 0 Å². The summed E-state index contributed by atoms with van der Waals surface area (Å²) >= 11 is 4.47. The molecule has 0 bridgehead atoms. The number of hydrogen-bond acceptors (Lipinski definition) is 4. The van der Waals surface area contributed by atoms with Crippen molar-refractivity contribution < 1.29 is 22.0 Å². The molecule has 2 aromatic rings. The van der Waals surface area contributed by atoms with E-state index in [1.54, 1.807) is 23.8 Å². The molecule has 0 spiro atoms. The summed E-state index contributed by atoms with van der Waals surface area (Å²) in [6.45, 7) is 1.57. The van der Waals surface area contributed by atoms with Crippen molar-refractivity contribution in [2.24, 2.45) is 0 Å². The van der Waals surface area contributed by atoms with E-state index < -0.39 is 33.4 Å². The zero-order valence-electron chi connectivity index (χ0n) is 12.6. The van der Waals surface area contributed by atoms with Crippen LogP contribution in [0.1, 0.15) is 28.2 Å². The second-order valence-corrected chi connectivity index (χ2v) is 9.24. The third-order valence-electron chi connectivity index (χ3n) is 3.00. The first-order valence-electron chi connectivity index (χ1n) is 6.60. The van der Waals surface area contributed by atoms with E-state index in [9.17, 15) is 22.0 Å². The summed E-state index contributed by atoms with van der Waals surface area (Å²) in [4.78, 5) is 12.5. The van der Waals surface area contributed by atoms with Gasteiger partial charge >= 0.3 is 0 Å². The second-order valence-electron chi connectivity index (χ2n) is 5.03. The second kappa shape index (κ2) is 7.16. The van der Waals surface area contributed by atoms with E-state index in [4.69, 9.17) is 0 Å². The number of halogens is 3. The maximum atomic E-state index is 14.0. The Kier molecular flexibility index (Phi) is 5.61. The Bertz CT molecular complexity index is 861. The third kappa shape index (κ3) is 4.74. The van der Waals surface area contributed by atoms with Gasteiger partial charge in [-0.05, 0) is 52.7 Å². The zero-order chi connectivity index (χ0) is 18.1. The molecule has 0 aliphatic carbocycles. The number of amides is 1. The molecule has 24 heavy (non-hydrogen) atoms. The lowest BCUT2D eigenvalue weighted by Gasteiger charge is -2.16. The molecule has 0 saturated carbocycles. The lowest BCUT2D eigenvalue weighted by atomic mass is 10.1. The Morgan fingerprint density at radius 2 is 1.83 bits per heavy atom. The number of rotatable bonds is 5. The average molecular weight is 439 g/mol. The van der Waals surface area contributed by atoms with E-state index in [2.05, 4.69) is 21.2 Å². The summed E-state index contributed by atoms with van der Waals surface area (Å²) in [6.07, 6.45) is 0.793. The Labute approximate surface area is 150 Å². The van der Waals surface area contributed by atoms with Gasteiger partial charge in [-0.1, -0.05) is 0 Å². The Balaban J connectivity index is 2.21. The fourth-order valence-electron chi connectivity index (χ4n) is 1.91. The maximum absolute atomic E-state index is 14.0. The first-order valence-corrected chi connectivity index (χ1v) is 10.1. The van der Waals surface area contributed by atoms with Gasteiger partial charge in [0, 0.05) is 0 Å². The largest absolute Gasteiger partial charge is 0.345 e. The Morgan fingerprint density at radius 3 is 2.29 bits per heavy atom. The van der Waals surface area contributed by atoms with E-state index in [-0.39, 0.29) is 11.5 Å². The van der Waals surface area contributed by atoms with Gasteiger partial charge in [0.1, 0.15) is 5.69 Å². The van der Waals surface area contributed by atoms with Crippen molar-refractivity contribution in [1.82, 2.24) is 5.32 Å². The van der Waals surface area contributed by atoms with E-state index in [1.807, 2.05) is 0 Å². The monoisotopic (exact) mass is 438 g/mol. The lowest BCUT2D eigenvalue weighted by molar-refractivity contribution is 0.0944. The molecule has 0 aliphatic rings. The molecule has 1 aromatic carbocycles. The van der Waals surface area contributed by atoms with Crippen molar-refractivity contribution in [3.05, 3.63) is 50.1 Å². The topological polar surface area (TPSA) is 75.3 Å². The smallest absolute Gasteiger partial charge is 0.261 e. The number of thiophene rings is 1.